The molecule has 7 heteroatoms. The monoisotopic (exact) mass is 349 g/mol. The molecule has 0 aliphatic carbocycles. The lowest BCUT2D eigenvalue weighted by atomic mass is 10.2. The topological polar surface area (TPSA) is 81.7 Å². The van der Waals surface area contributed by atoms with E-state index in [0.29, 0.717) is 22.7 Å². The average Bonchev–Trinajstić information content (AvgIpc) is 2.61. The van der Waals surface area contributed by atoms with Gasteiger partial charge in [-0.15, -0.1) is 0 Å². The quantitative estimate of drug-likeness (QED) is 0.867. The van der Waals surface area contributed by atoms with Gasteiger partial charge in [-0.25, -0.2) is 8.42 Å². The van der Waals surface area contributed by atoms with Gasteiger partial charge in [0.25, 0.3) is 5.91 Å². The molecule has 2 rings (SSSR count). The number of benzene rings is 2. The van der Waals surface area contributed by atoms with Gasteiger partial charge in [0.1, 0.15) is 11.5 Å². The van der Waals surface area contributed by atoms with Crippen LogP contribution in [0.5, 0.6) is 11.5 Å². The Kier molecular flexibility index (Phi) is 5.46. The Balaban J connectivity index is 2.21. The van der Waals surface area contributed by atoms with E-state index in [9.17, 15) is 13.2 Å². The van der Waals surface area contributed by atoms with E-state index in [1.54, 1.807) is 37.3 Å². The number of sulfone groups is 1. The fourth-order valence-corrected chi connectivity index (χ4v) is 2.94. The smallest absolute Gasteiger partial charge is 0.255 e. The molecular weight excluding hydrogens is 330 g/mol. The summed E-state index contributed by atoms with van der Waals surface area (Å²) in [7, 11) is -0.253. The Morgan fingerprint density at radius 3 is 2.00 bits per heavy atom. The lowest BCUT2D eigenvalue weighted by Crippen LogP contribution is -2.12. The molecule has 0 aromatic heterocycles. The van der Waals surface area contributed by atoms with Crippen LogP contribution in [-0.4, -0.2) is 34.3 Å². The minimum absolute atomic E-state index is 0.0301. The zero-order valence-corrected chi connectivity index (χ0v) is 14.5. The third-order valence-electron chi connectivity index (χ3n) is 3.46. The second kappa shape index (κ2) is 7.35. The molecule has 0 bridgehead atoms. The van der Waals surface area contributed by atoms with Crippen LogP contribution in [0.2, 0.25) is 0 Å². The Morgan fingerprint density at radius 2 is 1.54 bits per heavy atom. The molecule has 0 saturated heterocycles. The first kappa shape index (κ1) is 17.8. The van der Waals surface area contributed by atoms with E-state index in [0.717, 1.165) is 0 Å². The van der Waals surface area contributed by atoms with Crippen molar-refractivity contribution in [3.8, 4) is 11.5 Å². The third-order valence-corrected chi connectivity index (χ3v) is 5.22. The Hall–Kier alpha value is -2.54. The van der Waals surface area contributed by atoms with Gasteiger partial charge in [-0.1, -0.05) is 6.92 Å². The molecule has 0 unspecified atom stereocenters. The van der Waals surface area contributed by atoms with E-state index in [4.69, 9.17) is 9.47 Å². The lowest BCUT2D eigenvalue weighted by molar-refractivity contribution is 0.102. The SMILES string of the molecule is CCS(=O)(=O)c1ccc(NC(=O)c2cc(OC)cc(OC)c2)cc1. The van der Waals surface area contributed by atoms with E-state index < -0.39 is 9.84 Å². The molecule has 6 nitrogen and oxygen atoms in total. The predicted octanol–water partition coefficient (Wildman–Crippen LogP) is 2.75. The van der Waals surface area contributed by atoms with Gasteiger partial charge >= 0.3 is 0 Å². The summed E-state index contributed by atoms with van der Waals surface area (Å²) >= 11 is 0. The van der Waals surface area contributed by atoms with Crippen LogP contribution in [-0.2, 0) is 9.84 Å². The highest BCUT2D eigenvalue weighted by molar-refractivity contribution is 7.91. The molecule has 0 radical (unpaired) electrons. The molecule has 24 heavy (non-hydrogen) atoms. The van der Waals surface area contributed by atoms with Gasteiger partial charge in [0, 0.05) is 17.3 Å². The standard InChI is InChI=1S/C17H19NO5S/c1-4-24(20,21)16-7-5-13(6-8-16)18-17(19)12-9-14(22-2)11-15(10-12)23-3/h5-11H,4H2,1-3H3,(H,18,19). The average molecular weight is 349 g/mol. The number of methoxy groups -OCH3 is 2. The first-order chi connectivity index (χ1) is 11.4. The molecule has 128 valence electrons. The van der Waals surface area contributed by atoms with E-state index in [1.807, 2.05) is 0 Å². The van der Waals surface area contributed by atoms with Gasteiger partial charge in [-0.05, 0) is 36.4 Å². The van der Waals surface area contributed by atoms with Crippen molar-refractivity contribution in [2.75, 3.05) is 25.3 Å². The van der Waals surface area contributed by atoms with Crippen molar-refractivity contribution < 1.29 is 22.7 Å². The van der Waals surface area contributed by atoms with Crippen LogP contribution in [0.1, 0.15) is 17.3 Å². The number of anilines is 1. The van der Waals surface area contributed by atoms with Crippen LogP contribution in [0, 0.1) is 0 Å². The van der Waals surface area contributed by atoms with Gasteiger partial charge in [-0.3, -0.25) is 4.79 Å². The van der Waals surface area contributed by atoms with Gasteiger partial charge in [0.05, 0.1) is 24.9 Å². The summed E-state index contributed by atoms with van der Waals surface area (Å²) in [4.78, 5) is 12.6. The molecule has 2 aromatic rings. The number of carbonyl (C=O) groups excluding carboxylic acids is 1. The van der Waals surface area contributed by atoms with Crippen molar-refractivity contribution in [1.82, 2.24) is 0 Å². The fraction of sp³-hybridized carbons (Fsp3) is 0.235. The molecular formula is C17H19NO5S. The zero-order chi connectivity index (χ0) is 17.7. The summed E-state index contributed by atoms with van der Waals surface area (Å²) in [6.07, 6.45) is 0. The first-order valence-electron chi connectivity index (χ1n) is 7.27. The second-order valence-corrected chi connectivity index (χ2v) is 7.26. The summed E-state index contributed by atoms with van der Waals surface area (Å²) in [5.41, 5.74) is 0.869. The van der Waals surface area contributed by atoms with Crippen molar-refractivity contribution in [2.24, 2.45) is 0 Å². The summed E-state index contributed by atoms with van der Waals surface area (Å²) in [6.45, 7) is 1.58. The van der Waals surface area contributed by atoms with Crippen molar-refractivity contribution in [1.29, 1.82) is 0 Å². The minimum Gasteiger partial charge on any atom is -0.497 e. The molecule has 2 aromatic carbocycles. The number of rotatable bonds is 6. The number of hydrogen-bond acceptors (Lipinski definition) is 5. The van der Waals surface area contributed by atoms with Crippen LogP contribution in [0.4, 0.5) is 5.69 Å². The Morgan fingerprint density at radius 1 is 1.00 bits per heavy atom. The second-order valence-electron chi connectivity index (χ2n) is 4.98. The molecule has 1 N–H and O–H groups in total. The Labute approximate surface area is 141 Å². The van der Waals surface area contributed by atoms with Crippen LogP contribution >= 0.6 is 0 Å². The van der Waals surface area contributed by atoms with Gasteiger partial charge < -0.3 is 14.8 Å². The first-order valence-corrected chi connectivity index (χ1v) is 8.92. The van der Waals surface area contributed by atoms with E-state index in [2.05, 4.69) is 5.32 Å². The highest BCUT2D eigenvalue weighted by atomic mass is 32.2. The molecule has 0 fully saturated rings. The normalized spacial score (nSPS) is 11.0. The molecule has 0 aliphatic heterocycles. The molecule has 1 amide bonds. The van der Waals surface area contributed by atoms with E-state index in [1.165, 1.54) is 26.4 Å². The van der Waals surface area contributed by atoms with Crippen molar-refractivity contribution >= 4 is 21.4 Å². The predicted molar refractivity (Wildman–Crippen MR) is 91.7 cm³/mol. The Bertz CT molecular complexity index is 806. The minimum atomic E-state index is -3.26. The summed E-state index contributed by atoms with van der Waals surface area (Å²) in [5.74, 6) is 0.688. The highest BCUT2D eigenvalue weighted by Crippen LogP contribution is 2.23. The summed E-state index contributed by atoms with van der Waals surface area (Å²) in [6, 6.07) is 10.9. The number of ether oxygens (including phenoxy) is 2. The zero-order valence-electron chi connectivity index (χ0n) is 13.7. The van der Waals surface area contributed by atoms with Crippen molar-refractivity contribution in [2.45, 2.75) is 11.8 Å². The number of nitrogens with one attached hydrogen (secondary N) is 1. The number of hydrogen-bond donors (Lipinski definition) is 1. The maximum atomic E-state index is 12.3. The van der Waals surface area contributed by atoms with Gasteiger partial charge in [-0.2, -0.15) is 0 Å². The third kappa shape index (κ3) is 4.05. The van der Waals surface area contributed by atoms with Crippen LogP contribution < -0.4 is 14.8 Å². The molecule has 0 saturated carbocycles. The molecule has 0 aliphatic rings. The van der Waals surface area contributed by atoms with E-state index >= 15 is 0 Å². The summed E-state index contributed by atoms with van der Waals surface area (Å²) in [5, 5.41) is 2.71. The van der Waals surface area contributed by atoms with Crippen LogP contribution in [0.25, 0.3) is 0 Å². The van der Waals surface area contributed by atoms with Crippen LogP contribution in [0.3, 0.4) is 0 Å². The fourth-order valence-electron chi connectivity index (χ4n) is 2.05. The summed E-state index contributed by atoms with van der Waals surface area (Å²) < 4.78 is 33.8. The van der Waals surface area contributed by atoms with Gasteiger partial charge in [0.15, 0.2) is 9.84 Å². The highest BCUT2D eigenvalue weighted by Gasteiger charge is 2.13. The lowest BCUT2D eigenvalue weighted by Gasteiger charge is -2.10. The van der Waals surface area contributed by atoms with E-state index in [-0.39, 0.29) is 16.6 Å². The van der Waals surface area contributed by atoms with Gasteiger partial charge in [0.2, 0.25) is 0 Å². The number of amides is 1. The maximum Gasteiger partial charge on any atom is 0.255 e. The largest absolute Gasteiger partial charge is 0.497 e. The maximum absolute atomic E-state index is 12.3. The van der Waals surface area contributed by atoms with Crippen molar-refractivity contribution in [3.63, 3.8) is 0 Å². The molecule has 0 spiro atoms. The van der Waals surface area contributed by atoms with Crippen molar-refractivity contribution in [3.05, 3.63) is 48.0 Å². The van der Waals surface area contributed by atoms with Crippen LogP contribution in [0.15, 0.2) is 47.4 Å². The molecule has 0 atom stereocenters. The molecule has 0 heterocycles. The number of carbonyl (C=O) groups is 1.